The molecule has 1 aromatic heterocycles. The highest BCUT2D eigenvalue weighted by molar-refractivity contribution is 5.96. The van der Waals surface area contributed by atoms with Gasteiger partial charge >= 0.3 is 5.97 Å². The third kappa shape index (κ3) is 4.30. The Kier molecular flexibility index (Phi) is 5.82. The third-order valence-electron chi connectivity index (χ3n) is 4.10. The predicted molar refractivity (Wildman–Crippen MR) is 96.1 cm³/mol. The van der Waals surface area contributed by atoms with E-state index >= 15 is 0 Å². The molecule has 0 saturated carbocycles. The average Bonchev–Trinajstić information content (AvgIpc) is 2.65. The Balaban J connectivity index is 2.13. The fraction of sp³-hybridized carbons (Fsp3) is 0.316. The van der Waals surface area contributed by atoms with E-state index in [0.29, 0.717) is 18.0 Å². The number of carbonyl (C=O) groups is 2. The standard InChI is InChI=1S/C19H22N2O5/c1-19(2,13-5-6-15(25-3)16(10-13)26-4)11-21-17(22)12-7-8-20-14(9-12)18(23)24/h5-10H,11H2,1-4H3,(H,21,22)(H,23,24). The zero-order valence-electron chi connectivity index (χ0n) is 15.2. The molecule has 0 aliphatic carbocycles. The molecule has 0 radical (unpaired) electrons. The average molecular weight is 358 g/mol. The molecule has 7 nitrogen and oxygen atoms in total. The van der Waals surface area contributed by atoms with Crippen LogP contribution in [0.2, 0.25) is 0 Å². The number of carboxylic acid groups (broad SMARTS) is 1. The van der Waals surface area contributed by atoms with Crippen molar-refractivity contribution in [2.45, 2.75) is 19.3 Å². The molecule has 0 aliphatic rings. The molecule has 1 heterocycles. The van der Waals surface area contributed by atoms with E-state index in [1.54, 1.807) is 14.2 Å². The summed E-state index contributed by atoms with van der Waals surface area (Å²) in [5, 5.41) is 11.8. The van der Waals surface area contributed by atoms with Gasteiger partial charge in [0, 0.05) is 23.7 Å². The largest absolute Gasteiger partial charge is 0.493 e. The monoisotopic (exact) mass is 358 g/mol. The number of nitrogens with zero attached hydrogens (tertiary/aromatic N) is 1. The maximum atomic E-state index is 12.3. The van der Waals surface area contributed by atoms with Gasteiger partial charge < -0.3 is 19.9 Å². The van der Waals surface area contributed by atoms with Gasteiger partial charge in [0.15, 0.2) is 11.5 Å². The van der Waals surface area contributed by atoms with Crippen molar-refractivity contribution in [3.63, 3.8) is 0 Å². The first kappa shape index (κ1) is 19.2. The summed E-state index contributed by atoms with van der Waals surface area (Å²) in [7, 11) is 3.14. The topological polar surface area (TPSA) is 97.8 Å². The van der Waals surface area contributed by atoms with Crippen molar-refractivity contribution in [1.29, 1.82) is 0 Å². The zero-order valence-corrected chi connectivity index (χ0v) is 15.2. The number of carboxylic acids is 1. The Bertz CT molecular complexity index is 817. The van der Waals surface area contributed by atoms with Crippen LogP contribution in [0.25, 0.3) is 0 Å². The van der Waals surface area contributed by atoms with Gasteiger partial charge in [0.1, 0.15) is 5.69 Å². The third-order valence-corrected chi connectivity index (χ3v) is 4.10. The quantitative estimate of drug-likeness (QED) is 0.789. The van der Waals surface area contributed by atoms with Crippen molar-refractivity contribution in [1.82, 2.24) is 10.3 Å². The minimum Gasteiger partial charge on any atom is -0.493 e. The second kappa shape index (κ2) is 7.86. The summed E-state index contributed by atoms with van der Waals surface area (Å²) in [6.07, 6.45) is 1.30. The second-order valence-corrected chi connectivity index (χ2v) is 6.37. The number of hydrogen-bond donors (Lipinski definition) is 2. The number of ether oxygens (including phenoxy) is 2. The second-order valence-electron chi connectivity index (χ2n) is 6.37. The lowest BCUT2D eigenvalue weighted by molar-refractivity contribution is 0.0690. The number of rotatable bonds is 7. The fourth-order valence-corrected chi connectivity index (χ4v) is 2.45. The molecule has 0 saturated heterocycles. The highest BCUT2D eigenvalue weighted by Gasteiger charge is 2.23. The van der Waals surface area contributed by atoms with Gasteiger partial charge in [-0.05, 0) is 29.8 Å². The van der Waals surface area contributed by atoms with Crippen molar-refractivity contribution in [3.8, 4) is 11.5 Å². The van der Waals surface area contributed by atoms with Crippen LogP contribution in [0.3, 0.4) is 0 Å². The molecule has 0 unspecified atom stereocenters. The Labute approximate surface area is 152 Å². The Hall–Kier alpha value is -3.09. The van der Waals surface area contributed by atoms with Crippen LogP contribution in [0.5, 0.6) is 11.5 Å². The van der Waals surface area contributed by atoms with E-state index < -0.39 is 5.97 Å². The van der Waals surface area contributed by atoms with Crippen molar-refractivity contribution in [3.05, 3.63) is 53.3 Å². The summed E-state index contributed by atoms with van der Waals surface area (Å²) in [6, 6.07) is 8.34. The molecule has 0 bridgehead atoms. The molecule has 138 valence electrons. The summed E-state index contributed by atoms with van der Waals surface area (Å²) < 4.78 is 10.6. The number of hydrogen-bond acceptors (Lipinski definition) is 5. The van der Waals surface area contributed by atoms with Gasteiger partial charge in [-0.25, -0.2) is 9.78 Å². The smallest absolute Gasteiger partial charge is 0.354 e. The fourth-order valence-electron chi connectivity index (χ4n) is 2.45. The van der Waals surface area contributed by atoms with Gasteiger partial charge in [0.25, 0.3) is 5.91 Å². The lowest BCUT2D eigenvalue weighted by atomic mass is 9.84. The van der Waals surface area contributed by atoms with Gasteiger partial charge in [0.05, 0.1) is 14.2 Å². The number of aromatic carboxylic acids is 1. The van der Waals surface area contributed by atoms with Gasteiger partial charge in [0.2, 0.25) is 0 Å². The van der Waals surface area contributed by atoms with E-state index in [2.05, 4.69) is 10.3 Å². The molecule has 0 aliphatic heterocycles. The van der Waals surface area contributed by atoms with Crippen LogP contribution in [0.15, 0.2) is 36.5 Å². The van der Waals surface area contributed by atoms with Crippen LogP contribution < -0.4 is 14.8 Å². The van der Waals surface area contributed by atoms with Crippen LogP contribution in [-0.2, 0) is 5.41 Å². The summed E-state index contributed by atoms with van der Waals surface area (Å²) in [5.74, 6) is -0.285. The van der Waals surface area contributed by atoms with Crippen LogP contribution >= 0.6 is 0 Å². The van der Waals surface area contributed by atoms with Crippen LogP contribution in [-0.4, -0.2) is 42.7 Å². The Morgan fingerprint density at radius 3 is 2.42 bits per heavy atom. The molecule has 0 fully saturated rings. The van der Waals surface area contributed by atoms with E-state index in [1.165, 1.54) is 18.3 Å². The van der Waals surface area contributed by atoms with Crippen LogP contribution in [0, 0.1) is 0 Å². The number of methoxy groups -OCH3 is 2. The molecule has 26 heavy (non-hydrogen) atoms. The van der Waals surface area contributed by atoms with Gasteiger partial charge in [-0.3, -0.25) is 4.79 Å². The minimum atomic E-state index is -1.18. The molecule has 1 amide bonds. The van der Waals surface area contributed by atoms with Crippen molar-refractivity contribution in [2.75, 3.05) is 20.8 Å². The maximum absolute atomic E-state index is 12.3. The number of pyridine rings is 1. The van der Waals surface area contributed by atoms with Crippen molar-refractivity contribution < 1.29 is 24.2 Å². The highest BCUT2D eigenvalue weighted by atomic mass is 16.5. The molecule has 2 rings (SSSR count). The summed E-state index contributed by atoms with van der Waals surface area (Å²) in [6.45, 7) is 4.33. The predicted octanol–water partition coefficient (Wildman–Crippen LogP) is 2.50. The van der Waals surface area contributed by atoms with Crippen LogP contribution in [0.1, 0.15) is 40.3 Å². The molecular formula is C19H22N2O5. The zero-order chi connectivity index (χ0) is 19.3. The Morgan fingerprint density at radius 1 is 1.12 bits per heavy atom. The van der Waals surface area contributed by atoms with Gasteiger partial charge in [-0.15, -0.1) is 0 Å². The molecule has 2 N–H and O–H groups in total. The number of carbonyl (C=O) groups excluding carboxylic acids is 1. The number of nitrogens with one attached hydrogen (secondary N) is 1. The first-order valence-corrected chi connectivity index (χ1v) is 7.98. The first-order valence-electron chi connectivity index (χ1n) is 7.98. The number of aromatic nitrogens is 1. The molecule has 2 aromatic rings. The number of amides is 1. The number of benzene rings is 1. The molecular weight excluding hydrogens is 336 g/mol. The van der Waals surface area contributed by atoms with Gasteiger partial charge in [-0.2, -0.15) is 0 Å². The summed E-state index contributed by atoms with van der Waals surface area (Å²) in [4.78, 5) is 27.0. The minimum absolute atomic E-state index is 0.170. The van der Waals surface area contributed by atoms with Gasteiger partial charge in [-0.1, -0.05) is 19.9 Å². The van der Waals surface area contributed by atoms with E-state index in [-0.39, 0.29) is 22.6 Å². The summed E-state index contributed by atoms with van der Waals surface area (Å²) >= 11 is 0. The SMILES string of the molecule is COc1ccc(C(C)(C)CNC(=O)c2ccnc(C(=O)O)c2)cc1OC. The normalized spacial score (nSPS) is 10.9. The maximum Gasteiger partial charge on any atom is 0.354 e. The molecule has 1 aromatic carbocycles. The Morgan fingerprint density at radius 2 is 1.81 bits per heavy atom. The highest BCUT2D eigenvalue weighted by Crippen LogP contribution is 2.32. The summed E-state index contributed by atoms with van der Waals surface area (Å²) in [5.41, 5.74) is 0.673. The lowest BCUT2D eigenvalue weighted by Gasteiger charge is -2.26. The van der Waals surface area contributed by atoms with E-state index in [4.69, 9.17) is 14.6 Å². The first-order chi connectivity index (χ1) is 12.3. The molecule has 0 atom stereocenters. The molecule has 0 spiro atoms. The lowest BCUT2D eigenvalue weighted by Crippen LogP contribution is -2.36. The van der Waals surface area contributed by atoms with Crippen LogP contribution in [0.4, 0.5) is 0 Å². The van der Waals surface area contributed by atoms with E-state index in [0.717, 1.165) is 5.56 Å². The van der Waals surface area contributed by atoms with E-state index in [9.17, 15) is 9.59 Å². The van der Waals surface area contributed by atoms with E-state index in [1.807, 2.05) is 32.0 Å². The van der Waals surface area contributed by atoms with Crippen molar-refractivity contribution in [2.24, 2.45) is 0 Å². The van der Waals surface area contributed by atoms with Crippen molar-refractivity contribution >= 4 is 11.9 Å². The molecule has 7 heteroatoms.